The fraction of sp³-hybridized carbons (Fsp3) is 0.143. The van der Waals surface area contributed by atoms with Gasteiger partial charge in [0.25, 0.3) is 0 Å². The van der Waals surface area contributed by atoms with Gasteiger partial charge in [0.15, 0.2) is 5.65 Å². The Balaban J connectivity index is 1.74. The van der Waals surface area contributed by atoms with Crippen LogP contribution in [-0.4, -0.2) is 19.7 Å². The van der Waals surface area contributed by atoms with E-state index in [-0.39, 0.29) is 11.3 Å². The molecule has 4 heteroatoms. The molecule has 0 bridgehead atoms. The Morgan fingerprint density at radius 2 is 1.56 bits per heavy atom. The highest BCUT2D eigenvalue weighted by Crippen LogP contribution is 2.33. The standard InChI is InChI=1S/C21H19N3O/c1-21(2,16-6-4-3-5-7-16)17-10-8-15(9-11-17)18-14-23-24-19(25)12-13-22-20(18)24/h3-14,25H,1-2H3. The highest BCUT2D eigenvalue weighted by molar-refractivity contribution is 5.77. The summed E-state index contributed by atoms with van der Waals surface area (Å²) in [5.41, 5.74) is 5.04. The molecule has 0 atom stereocenters. The molecule has 0 saturated carbocycles. The van der Waals surface area contributed by atoms with E-state index in [0.717, 1.165) is 11.1 Å². The van der Waals surface area contributed by atoms with Crippen LogP contribution in [0.5, 0.6) is 5.88 Å². The maximum atomic E-state index is 9.87. The number of hydrogen-bond donors (Lipinski definition) is 1. The van der Waals surface area contributed by atoms with Crippen molar-refractivity contribution in [2.75, 3.05) is 0 Å². The lowest BCUT2D eigenvalue weighted by Gasteiger charge is -2.26. The molecule has 0 aliphatic rings. The van der Waals surface area contributed by atoms with Crippen LogP contribution in [-0.2, 0) is 5.41 Å². The lowest BCUT2D eigenvalue weighted by molar-refractivity contribution is 0.435. The number of rotatable bonds is 3. The minimum atomic E-state index is -0.0720. The van der Waals surface area contributed by atoms with Gasteiger partial charge in [-0.25, -0.2) is 4.98 Å². The highest BCUT2D eigenvalue weighted by atomic mass is 16.3. The third kappa shape index (κ3) is 2.56. The van der Waals surface area contributed by atoms with Crippen molar-refractivity contribution in [1.29, 1.82) is 0 Å². The van der Waals surface area contributed by atoms with E-state index in [2.05, 4.69) is 72.5 Å². The number of fused-ring (bicyclic) bond motifs is 1. The van der Waals surface area contributed by atoms with Crippen LogP contribution in [0.1, 0.15) is 25.0 Å². The first-order chi connectivity index (χ1) is 12.1. The minimum Gasteiger partial charge on any atom is -0.493 e. The van der Waals surface area contributed by atoms with E-state index >= 15 is 0 Å². The summed E-state index contributed by atoms with van der Waals surface area (Å²) in [6, 6.07) is 20.5. The van der Waals surface area contributed by atoms with Crippen molar-refractivity contribution in [3.05, 3.63) is 84.2 Å². The second-order valence-electron chi connectivity index (χ2n) is 6.67. The Kier molecular flexibility index (Phi) is 3.53. The molecule has 0 fully saturated rings. The van der Waals surface area contributed by atoms with E-state index in [1.165, 1.54) is 21.7 Å². The molecular formula is C21H19N3O. The molecule has 4 nitrogen and oxygen atoms in total. The van der Waals surface area contributed by atoms with Gasteiger partial charge >= 0.3 is 0 Å². The molecule has 25 heavy (non-hydrogen) atoms. The van der Waals surface area contributed by atoms with Gasteiger partial charge in [0.1, 0.15) is 0 Å². The van der Waals surface area contributed by atoms with Gasteiger partial charge in [-0.1, -0.05) is 68.4 Å². The van der Waals surface area contributed by atoms with Gasteiger partial charge in [-0.05, 0) is 16.7 Å². The monoisotopic (exact) mass is 329 g/mol. The van der Waals surface area contributed by atoms with Crippen molar-refractivity contribution in [3.8, 4) is 17.0 Å². The van der Waals surface area contributed by atoms with Gasteiger partial charge < -0.3 is 5.11 Å². The molecule has 0 radical (unpaired) electrons. The molecule has 0 saturated heterocycles. The van der Waals surface area contributed by atoms with Crippen LogP contribution >= 0.6 is 0 Å². The Morgan fingerprint density at radius 1 is 0.880 bits per heavy atom. The van der Waals surface area contributed by atoms with Gasteiger partial charge in [0.05, 0.1) is 6.20 Å². The van der Waals surface area contributed by atoms with Crippen molar-refractivity contribution < 1.29 is 5.11 Å². The van der Waals surface area contributed by atoms with Crippen molar-refractivity contribution in [2.45, 2.75) is 19.3 Å². The number of aromatic hydroxyl groups is 1. The molecule has 2 heterocycles. The molecule has 0 unspecified atom stereocenters. The Labute approximate surface area is 146 Å². The third-order valence-corrected chi connectivity index (χ3v) is 4.79. The summed E-state index contributed by atoms with van der Waals surface area (Å²) in [5, 5.41) is 14.1. The lowest BCUT2D eigenvalue weighted by Crippen LogP contribution is -2.18. The van der Waals surface area contributed by atoms with Gasteiger partial charge in [0.2, 0.25) is 5.88 Å². The van der Waals surface area contributed by atoms with Crippen molar-refractivity contribution in [1.82, 2.24) is 14.6 Å². The van der Waals surface area contributed by atoms with Gasteiger partial charge in [0, 0.05) is 23.2 Å². The molecule has 0 spiro atoms. The van der Waals surface area contributed by atoms with E-state index < -0.39 is 0 Å². The van der Waals surface area contributed by atoms with E-state index in [4.69, 9.17) is 0 Å². The van der Waals surface area contributed by atoms with E-state index in [9.17, 15) is 5.11 Å². The lowest BCUT2D eigenvalue weighted by atomic mass is 9.78. The molecule has 124 valence electrons. The zero-order chi connectivity index (χ0) is 17.4. The Morgan fingerprint density at radius 3 is 2.28 bits per heavy atom. The molecule has 0 aliphatic heterocycles. The molecule has 2 aromatic carbocycles. The van der Waals surface area contributed by atoms with Crippen LogP contribution in [0.3, 0.4) is 0 Å². The molecule has 0 aliphatic carbocycles. The van der Waals surface area contributed by atoms with Gasteiger partial charge in [-0.2, -0.15) is 9.61 Å². The molecule has 0 amide bonds. The summed E-state index contributed by atoms with van der Waals surface area (Å²) in [5.74, 6) is 0.0816. The normalized spacial score (nSPS) is 11.8. The van der Waals surface area contributed by atoms with E-state index in [0.29, 0.717) is 5.65 Å². The number of aromatic nitrogens is 3. The van der Waals surface area contributed by atoms with Crippen LogP contribution in [0.2, 0.25) is 0 Å². The quantitative estimate of drug-likeness (QED) is 0.605. The SMILES string of the molecule is CC(C)(c1ccccc1)c1ccc(-c2cnn3c(O)ccnc23)cc1. The van der Waals surface area contributed by atoms with Crippen LogP contribution in [0.4, 0.5) is 0 Å². The summed E-state index contributed by atoms with van der Waals surface area (Å²) >= 11 is 0. The van der Waals surface area contributed by atoms with Crippen LogP contribution in [0.25, 0.3) is 16.8 Å². The average Bonchev–Trinajstić information content (AvgIpc) is 3.08. The fourth-order valence-electron chi connectivity index (χ4n) is 3.17. The first kappa shape index (κ1) is 15.4. The van der Waals surface area contributed by atoms with E-state index in [1.54, 1.807) is 12.4 Å². The molecule has 4 aromatic rings. The topological polar surface area (TPSA) is 50.4 Å². The first-order valence-electron chi connectivity index (χ1n) is 8.25. The minimum absolute atomic E-state index is 0.0720. The summed E-state index contributed by atoms with van der Waals surface area (Å²) in [4.78, 5) is 4.34. The third-order valence-electron chi connectivity index (χ3n) is 4.79. The predicted molar refractivity (Wildman–Crippen MR) is 98.7 cm³/mol. The van der Waals surface area contributed by atoms with Crippen molar-refractivity contribution >= 4 is 5.65 Å². The molecule has 1 N–H and O–H groups in total. The predicted octanol–water partition coefficient (Wildman–Crippen LogP) is 4.43. The van der Waals surface area contributed by atoms with Crippen molar-refractivity contribution in [3.63, 3.8) is 0 Å². The van der Waals surface area contributed by atoms with Crippen LogP contribution in [0.15, 0.2) is 73.1 Å². The van der Waals surface area contributed by atoms with Crippen molar-refractivity contribution in [2.24, 2.45) is 0 Å². The van der Waals surface area contributed by atoms with Crippen LogP contribution < -0.4 is 0 Å². The van der Waals surface area contributed by atoms with Gasteiger partial charge in [-0.3, -0.25) is 0 Å². The number of benzene rings is 2. The zero-order valence-electron chi connectivity index (χ0n) is 14.2. The fourth-order valence-corrected chi connectivity index (χ4v) is 3.17. The molecule has 2 aromatic heterocycles. The first-order valence-corrected chi connectivity index (χ1v) is 8.25. The zero-order valence-corrected chi connectivity index (χ0v) is 14.2. The Hall–Kier alpha value is -3.14. The number of nitrogens with zero attached hydrogens (tertiary/aromatic N) is 3. The summed E-state index contributed by atoms with van der Waals surface area (Å²) in [6.07, 6.45) is 3.32. The second-order valence-corrected chi connectivity index (χ2v) is 6.67. The summed E-state index contributed by atoms with van der Waals surface area (Å²) in [6.45, 7) is 4.46. The molecule has 4 rings (SSSR count). The highest BCUT2D eigenvalue weighted by Gasteiger charge is 2.22. The molecular weight excluding hydrogens is 310 g/mol. The van der Waals surface area contributed by atoms with Crippen LogP contribution in [0, 0.1) is 0 Å². The Bertz CT molecular complexity index is 1020. The second kappa shape index (κ2) is 5.74. The maximum absolute atomic E-state index is 9.87. The summed E-state index contributed by atoms with van der Waals surface area (Å²) in [7, 11) is 0. The summed E-state index contributed by atoms with van der Waals surface area (Å²) < 4.78 is 1.44. The van der Waals surface area contributed by atoms with E-state index in [1.807, 2.05) is 6.07 Å². The smallest absolute Gasteiger partial charge is 0.215 e. The largest absolute Gasteiger partial charge is 0.493 e. The number of hydrogen-bond acceptors (Lipinski definition) is 3. The van der Waals surface area contributed by atoms with Gasteiger partial charge in [-0.15, -0.1) is 0 Å². The maximum Gasteiger partial charge on any atom is 0.215 e. The average molecular weight is 329 g/mol.